The minimum Gasteiger partial charge on any atom is -0.337 e. The number of benzene rings is 1. The second kappa shape index (κ2) is 5.44. The number of carbonyl (C=O) groups excluding carboxylic acids is 1. The van der Waals surface area contributed by atoms with E-state index in [2.05, 4.69) is 10.1 Å². The van der Waals surface area contributed by atoms with Crippen LogP contribution in [-0.2, 0) is 0 Å². The van der Waals surface area contributed by atoms with Crippen molar-refractivity contribution in [2.24, 2.45) is 0 Å². The molecule has 1 saturated heterocycles. The normalized spacial score (nSPS) is 15.5. The lowest BCUT2D eigenvalue weighted by molar-refractivity contribution is 0.0772. The van der Waals surface area contributed by atoms with Gasteiger partial charge in [-0.25, -0.2) is 9.67 Å². The Morgan fingerprint density at radius 2 is 1.89 bits per heavy atom. The number of hydrogen-bond donors (Lipinski definition) is 0. The van der Waals surface area contributed by atoms with Gasteiger partial charge in [-0.2, -0.15) is 16.9 Å². The van der Waals surface area contributed by atoms with Gasteiger partial charge in [-0.3, -0.25) is 4.79 Å². The molecule has 1 aromatic carbocycles. The lowest BCUT2D eigenvalue weighted by atomic mass is 10.2. The number of amides is 1. The molecule has 6 heteroatoms. The lowest BCUT2D eigenvalue weighted by Gasteiger charge is -2.26. The van der Waals surface area contributed by atoms with E-state index in [-0.39, 0.29) is 5.91 Å². The number of carbonyl (C=O) groups is 1. The third kappa shape index (κ3) is 2.63. The summed E-state index contributed by atoms with van der Waals surface area (Å²) in [5.74, 6) is 2.18. The summed E-state index contributed by atoms with van der Waals surface area (Å²) in [6, 6.07) is 7.48. The van der Waals surface area contributed by atoms with Crippen LogP contribution >= 0.6 is 11.8 Å². The highest BCUT2D eigenvalue weighted by molar-refractivity contribution is 7.99. The fraction of sp³-hybridized carbons (Fsp3) is 0.308. The van der Waals surface area contributed by atoms with Gasteiger partial charge >= 0.3 is 0 Å². The van der Waals surface area contributed by atoms with E-state index >= 15 is 0 Å². The third-order valence-electron chi connectivity index (χ3n) is 3.10. The van der Waals surface area contributed by atoms with E-state index in [1.165, 1.54) is 6.33 Å². The van der Waals surface area contributed by atoms with Crippen molar-refractivity contribution in [2.45, 2.75) is 0 Å². The SMILES string of the molecule is O=C(c1ccc(-n2cncn2)cc1)N1CCSCC1. The Kier molecular flexibility index (Phi) is 3.50. The van der Waals surface area contributed by atoms with Gasteiger partial charge in [0.25, 0.3) is 5.91 Å². The summed E-state index contributed by atoms with van der Waals surface area (Å²) in [4.78, 5) is 18.1. The van der Waals surface area contributed by atoms with Gasteiger partial charge in [0.15, 0.2) is 0 Å². The predicted molar refractivity (Wildman–Crippen MR) is 74.6 cm³/mol. The summed E-state index contributed by atoms with van der Waals surface area (Å²) < 4.78 is 1.67. The van der Waals surface area contributed by atoms with Gasteiger partial charge in [0.2, 0.25) is 0 Å². The van der Waals surface area contributed by atoms with E-state index in [0.717, 1.165) is 35.8 Å². The van der Waals surface area contributed by atoms with Gasteiger partial charge in [-0.1, -0.05) is 0 Å². The van der Waals surface area contributed by atoms with Crippen LogP contribution in [0.4, 0.5) is 0 Å². The number of thioether (sulfide) groups is 1. The zero-order valence-electron chi connectivity index (χ0n) is 10.4. The molecule has 0 N–H and O–H groups in total. The summed E-state index contributed by atoms with van der Waals surface area (Å²) in [5, 5.41) is 4.06. The molecule has 2 aromatic rings. The molecule has 1 aromatic heterocycles. The number of hydrogen-bond acceptors (Lipinski definition) is 4. The summed E-state index contributed by atoms with van der Waals surface area (Å²) in [6.07, 6.45) is 3.13. The zero-order valence-corrected chi connectivity index (χ0v) is 11.2. The number of aromatic nitrogens is 3. The lowest BCUT2D eigenvalue weighted by Crippen LogP contribution is -2.37. The van der Waals surface area contributed by atoms with Crippen LogP contribution in [0.5, 0.6) is 0 Å². The van der Waals surface area contributed by atoms with Gasteiger partial charge < -0.3 is 4.90 Å². The van der Waals surface area contributed by atoms with E-state index < -0.39 is 0 Å². The van der Waals surface area contributed by atoms with E-state index in [0.29, 0.717) is 0 Å². The van der Waals surface area contributed by atoms with E-state index in [9.17, 15) is 4.79 Å². The zero-order chi connectivity index (χ0) is 13.1. The van der Waals surface area contributed by atoms with Crippen molar-refractivity contribution < 1.29 is 4.79 Å². The van der Waals surface area contributed by atoms with Crippen LogP contribution in [0.1, 0.15) is 10.4 Å². The highest BCUT2D eigenvalue weighted by atomic mass is 32.2. The second-order valence-electron chi connectivity index (χ2n) is 4.29. The number of nitrogens with zero attached hydrogens (tertiary/aromatic N) is 4. The van der Waals surface area contributed by atoms with Gasteiger partial charge in [0.1, 0.15) is 12.7 Å². The molecule has 1 aliphatic rings. The van der Waals surface area contributed by atoms with Crippen molar-refractivity contribution in [1.82, 2.24) is 19.7 Å². The standard InChI is InChI=1S/C13H14N4OS/c18-13(16-5-7-19-8-6-16)11-1-3-12(4-2-11)17-10-14-9-15-17/h1-4,9-10H,5-8H2. The molecule has 2 heterocycles. The summed E-state index contributed by atoms with van der Waals surface area (Å²) in [7, 11) is 0. The van der Waals surface area contributed by atoms with Crippen molar-refractivity contribution in [2.75, 3.05) is 24.6 Å². The van der Waals surface area contributed by atoms with Gasteiger partial charge in [-0.15, -0.1) is 0 Å². The van der Waals surface area contributed by atoms with Crippen LogP contribution in [-0.4, -0.2) is 50.2 Å². The third-order valence-corrected chi connectivity index (χ3v) is 4.04. The molecule has 0 spiro atoms. The van der Waals surface area contributed by atoms with Crippen LogP contribution in [0, 0.1) is 0 Å². The molecule has 3 rings (SSSR count). The van der Waals surface area contributed by atoms with Crippen molar-refractivity contribution in [1.29, 1.82) is 0 Å². The van der Waals surface area contributed by atoms with Crippen LogP contribution in [0.15, 0.2) is 36.9 Å². The van der Waals surface area contributed by atoms with Crippen LogP contribution in [0.2, 0.25) is 0 Å². The molecule has 98 valence electrons. The van der Waals surface area contributed by atoms with Crippen molar-refractivity contribution in [3.05, 3.63) is 42.5 Å². The quantitative estimate of drug-likeness (QED) is 0.832. The summed E-state index contributed by atoms with van der Waals surface area (Å²) in [5.41, 5.74) is 1.64. The van der Waals surface area contributed by atoms with Crippen LogP contribution in [0.3, 0.4) is 0 Å². The maximum Gasteiger partial charge on any atom is 0.253 e. The Balaban J connectivity index is 1.76. The van der Waals surface area contributed by atoms with Crippen molar-refractivity contribution in [3.63, 3.8) is 0 Å². The fourth-order valence-corrected chi connectivity index (χ4v) is 2.95. The van der Waals surface area contributed by atoms with Crippen molar-refractivity contribution in [3.8, 4) is 5.69 Å². The molecule has 5 nitrogen and oxygen atoms in total. The molecule has 1 fully saturated rings. The highest BCUT2D eigenvalue weighted by Gasteiger charge is 2.18. The Morgan fingerprint density at radius 1 is 1.16 bits per heavy atom. The minimum atomic E-state index is 0.116. The second-order valence-corrected chi connectivity index (χ2v) is 5.52. The topological polar surface area (TPSA) is 51.0 Å². The average Bonchev–Trinajstić information content (AvgIpc) is 3.02. The van der Waals surface area contributed by atoms with E-state index in [1.54, 1.807) is 11.0 Å². The minimum absolute atomic E-state index is 0.116. The molecule has 1 amide bonds. The van der Waals surface area contributed by atoms with E-state index in [1.807, 2.05) is 40.9 Å². The molecular weight excluding hydrogens is 260 g/mol. The molecule has 0 saturated carbocycles. The van der Waals surface area contributed by atoms with Crippen LogP contribution < -0.4 is 0 Å². The van der Waals surface area contributed by atoms with Gasteiger partial charge in [-0.05, 0) is 24.3 Å². The molecular formula is C13H14N4OS. The van der Waals surface area contributed by atoms with Gasteiger partial charge in [0, 0.05) is 30.2 Å². The average molecular weight is 274 g/mol. The smallest absolute Gasteiger partial charge is 0.253 e. The first kappa shape index (κ1) is 12.2. The molecule has 0 bridgehead atoms. The van der Waals surface area contributed by atoms with Crippen molar-refractivity contribution >= 4 is 17.7 Å². The highest BCUT2D eigenvalue weighted by Crippen LogP contribution is 2.14. The number of rotatable bonds is 2. The fourth-order valence-electron chi connectivity index (χ4n) is 2.05. The Hall–Kier alpha value is -1.82. The van der Waals surface area contributed by atoms with Gasteiger partial charge in [0.05, 0.1) is 5.69 Å². The Morgan fingerprint density at radius 3 is 2.53 bits per heavy atom. The molecule has 0 atom stereocenters. The molecule has 19 heavy (non-hydrogen) atoms. The first-order valence-corrected chi connectivity index (χ1v) is 7.32. The molecule has 0 radical (unpaired) electrons. The first-order chi connectivity index (χ1) is 9.34. The molecule has 0 aliphatic carbocycles. The summed E-state index contributed by atoms with van der Waals surface area (Å²) >= 11 is 1.90. The molecule has 0 unspecified atom stereocenters. The summed E-state index contributed by atoms with van der Waals surface area (Å²) in [6.45, 7) is 1.68. The van der Waals surface area contributed by atoms with Crippen LogP contribution in [0.25, 0.3) is 5.69 Å². The monoisotopic (exact) mass is 274 g/mol. The first-order valence-electron chi connectivity index (χ1n) is 6.17. The predicted octanol–water partition coefficient (Wildman–Crippen LogP) is 1.46. The Bertz CT molecular complexity index is 547. The van der Waals surface area contributed by atoms with E-state index in [4.69, 9.17) is 0 Å². The maximum absolute atomic E-state index is 12.3. The maximum atomic E-state index is 12.3. The largest absolute Gasteiger partial charge is 0.337 e. The molecule has 1 aliphatic heterocycles. The Labute approximate surface area is 115 Å².